The minimum Gasteiger partial charge on any atom is -0.465 e. The molecule has 226 valence electrons. The number of rotatable bonds is 10. The third-order valence-corrected chi connectivity index (χ3v) is 12.1. The molecule has 46 heavy (non-hydrogen) atoms. The zero-order valence-corrected chi connectivity index (χ0v) is 26.2. The van der Waals surface area contributed by atoms with Crippen LogP contribution in [0.2, 0.25) is 0 Å². The fraction of sp³-hybridized carbons (Fsp3) is 0.0500. The lowest BCUT2D eigenvalue weighted by Crippen LogP contribution is -2.32. The van der Waals surface area contributed by atoms with Crippen LogP contribution < -0.4 is 25.4 Å². The summed E-state index contributed by atoms with van der Waals surface area (Å²) in [7, 11) is -0.862. The van der Waals surface area contributed by atoms with E-state index in [4.69, 9.17) is 14.2 Å². The highest BCUT2D eigenvalue weighted by atomic mass is 31.2. The first-order chi connectivity index (χ1) is 22.6. The van der Waals surface area contributed by atoms with Gasteiger partial charge >= 0.3 is 11.9 Å². The second kappa shape index (κ2) is 14.1. The summed E-state index contributed by atoms with van der Waals surface area (Å²) in [5.41, 5.74) is 1.86. The number of hydrogen-bond donors (Lipinski definition) is 0. The van der Waals surface area contributed by atoms with E-state index in [2.05, 4.69) is 72.8 Å². The summed E-state index contributed by atoms with van der Waals surface area (Å²) in [5.74, 6) is 0.239. The van der Waals surface area contributed by atoms with Gasteiger partial charge in [-0.2, -0.15) is 0 Å². The zero-order chi connectivity index (χ0) is 31.8. The molecule has 0 bridgehead atoms. The quantitative estimate of drug-likeness (QED) is 0.0880. The topological polar surface area (TPSA) is 61.8 Å². The molecule has 0 N–H and O–H groups in total. The van der Waals surface area contributed by atoms with Crippen molar-refractivity contribution in [3.05, 3.63) is 180 Å². The summed E-state index contributed by atoms with van der Waals surface area (Å²) in [5, 5.41) is 3.77. The zero-order valence-electron chi connectivity index (χ0n) is 25.3. The van der Waals surface area contributed by atoms with E-state index in [1.54, 1.807) is 54.6 Å². The average Bonchev–Trinajstić information content (AvgIpc) is 3.13. The Morgan fingerprint density at radius 1 is 0.522 bits per heavy atom. The Balaban J connectivity index is 1.45. The monoisotopic (exact) mass is 623 g/mol. The number of ether oxygens (including phenoxy) is 3. The average molecular weight is 624 g/mol. The second-order valence-electron chi connectivity index (χ2n) is 10.6. The predicted molar refractivity (Wildman–Crippen MR) is 185 cm³/mol. The van der Waals surface area contributed by atoms with E-state index in [9.17, 15) is 9.59 Å². The number of methoxy groups -OCH3 is 1. The molecule has 0 aliphatic rings. The van der Waals surface area contributed by atoms with E-state index < -0.39 is 19.2 Å². The summed E-state index contributed by atoms with van der Waals surface area (Å²) in [6, 6.07) is 53.2. The van der Waals surface area contributed by atoms with Crippen LogP contribution in [0.15, 0.2) is 164 Å². The van der Waals surface area contributed by atoms with E-state index in [1.165, 1.54) is 23.0 Å². The molecule has 0 fully saturated rings. The fourth-order valence-electron chi connectivity index (χ4n) is 5.49. The Labute approximate surface area is 269 Å². The molecule has 0 aromatic heterocycles. The Morgan fingerprint density at radius 2 is 1.00 bits per heavy atom. The van der Waals surface area contributed by atoms with Gasteiger partial charge in [-0.25, -0.2) is 9.59 Å². The fourth-order valence-corrected chi connectivity index (χ4v) is 9.72. The number of hydrogen-bond acceptors (Lipinski definition) is 5. The Hall–Kier alpha value is -5.51. The summed E-state index contributed by atoms with van der Waals surface area (Å²) in [6.45, 7) is 0. The van der Waals surface area contributed by atoms with Gasteiger partial charge in [-0.1, -0.05) is 78.9 Å². The summed E-state index contributed by atoms with van der Waals surface area (Å²) < 4.78 is 17.1. The highest BCUT2D eigenvalue weighted by molar-refractivity contribution is 7.95. The maximum absolute atomic E-state index is 13.1. The molecule has 0 radical (unpaired) electrons. The van der Waals surface area contributed by atoms with Gasteiger partial charge in [0.05, 0.1) is 24.4 Å². The van der Waals surface area contributed by atoms with Gasteiger partial charge in [0.2, 0.25) is 0 Å². The normalized spacial score (nSPS) is 11.0. The molecule has 0 spiro atoms. The Kier molecular flexibility index (Phi) is 9.33. The second-order valence-corrected chi connectivity index (χ2v) is 14.1. The van der Waals surface area contributed by atoms with Gasteiger partial charge in [-0.15, -0.1) is 0 Å². The van der Waals surface area contributed by atoms with E-state index in [1.807, 2.05) is 36.4 Å². The molecule has 0 amide bonds. The standard InChI is InChI=1S/C40H32O5P/c1-43-39(41)32-23-25-33(26-24-32)44-38-28-30(22-27-37(38)45-40(42)31-14-6-2-7-15-31)29-46(34-16-8-3-9-17-34,35-18-10-4-11-19-35)36-20-12-5-13-21-36/h2-28H,29H2,1H3/q+1. The molecule has 6 aromatic rings. The van der Waals surface area contributed by atoms with E-state index in [0.717, 1.165) is 5.56 Å². The van der Waals surface area contributed by atoms with E-state index in [0.29, 0.717) is 28.8 Å². The molecular weight excluding hydrogens is 591 g/mol. The van der Waals surface area contributed by atoms with Gasteiger partial charge < -0.3 is 14.2 Å². The summed E-state index contributed by atoms with van der Waals surface area (Å²) in [6.07, 6.45) is 0.704. The lowest BCUT2D eigenvalue weighted by molar-refractivity contribution is 0.0600. The van der Waals surface area contributed by atoms with Crippen LogP contribution in [0.5, 0.6) is 17.2 Å². The van der Waals surface area contributed by atoms with Crippen LogP contribution in [-0.4, -0.2) is 19.0 Å². The first-order valence-corrected chi connectivity index (χ1v) is 16.9. The Morgan fingerprint density at radius 3 is 1.50 bits per heavy atom. The van der Waals surface area contributed by atoms with Gasteiger partial charge in [0.25, 0.3) is 0 Å². The number of esters is 2. The molecule has 0 saturated carbocycles. The van der Waals surface area contributed by atoms with Crippen LogP contribution in [0.1, 0.15) is 26.3 Å². The maximum atomic E-state index is 13.1. The van der Waals surface area contributed by atoms with Crippen molar-refractivity contribution in [2.45, 2.75) is 6.16 Å². The van der Waals surface area contributed by atoms with Crippen LogP contribution in [0.25, 0.3) is 0 Å². The van der Waals surface area contributed by atoms with Crippen LogP contribution in [0.4, 0.5) is 0 Å². The minimum absolute atomic E-state index is 0.290. The molecule has 6 aromatic carbocycles. The highest BCUT2D eigenvalue weighted by Gasteiger charge is 2.45. The van der Waals surface area contributed by atoms with Crippen LogP contribution in [0, 0.1) is 0 Å². The molecular formula is C40H32O5P+. The molecule has 0 aliphatic heterocycles. The van der Waals surface area contributed by atoms with Crippen LogP contribution in [0.3, 0.4) is 0 Å². The van der Waals surface area contributed by atoms with E-state index in [-0.39, 0.29) is 5.75 Å². The third kappa shape index (κ3) is 6.61. The Bertz CT molecular complexity index is 1810. The third-order valence-electron chi connectivity index (χ3n) is 7.73. The number of carbonyl (C=O) groups is 2. The predicted octanol–water partition coefficient (Wildman–Crippen LogP) is 7.98. The van der Waals surface area contributed by atoms with Gasteiger partial charge in [0.1, 0.15) is 28.9 Å². The summed E-state index contributed by atoms with van der Waals surface area (Å²) in [4.78, 5) is 25.1. The van der Waals surface area contributed by atoms with E-state index >= 15 is 0 Å². The van der Waals surface area contributed by atoms with Crippen molar-refractivity contribution >= 4 is 35.1 Å². The van der Waals surface area contributed by atoms with Crippen molar-refractivity contribution < 1.29 is 23.8 Å². The van der Waals surface area contributed by atoms with Crippen molar-refractivity contribution in [1.82, 2.24) is 0 Å². The SMILES string of the molecule is COC(=O)c1ccc(Oc2cc(C[P+](c3ccccc3)(c3ccccc3)c3ccccc3)ccc2OC(=O)c2ccccc2)cc1. The van der Waals surface area contributed by atoms with Gasteiger partial charge in [-0.3, -0.25) is 0 Å². The van der Waals surface area contributed by atoms with Crippen molar-refractivity contribution in [3.63, 3.8) is 0 Å². The van der Waals surface area contributed by atoms with Gasteiger partial charge in [0, 0.05) is 0 Å². The smallest absolute Gasteiger partial charge is 0.343 e. The minimum atomic E-state index is -2.20. The first kappa shape index (κ1) is 30.5. The first-order valence-electron chi connectivity index (χ1n) is 14.9. The van der Waals surface area contributed by atoms with Gasteiger partial charge in [0.15, 0.2) is 11.5 Å². The molecule has 0 heterocycles. The summed E-state index contributed by atoms with van der Waals surface area (Å²) >= 11 is 0. The molecule has 5 nitrogen and oxygen atoms in total. The molecule has 0 unspecified atom stereocenters. The molecule has 6 heteroatoms. The van der Waals surface area contributed by atoms with Crippen molar-refractivity contribution in [3.8, 4) is 17.2 Å². The van der Waals surface area contributed by atoms with Crippen LogP contribution in [-0.2, 0) is 10.9 Å². The van der Waals surface area contributed by atoms with Crippen molar-refractivity contribution in [2.24, 2.45) is 0 Å². The number of benzene rings is 6. The van der Waals surface area contributed by atoms with Gasteiger partial charge in [-0.05, 0) is 90.5 Å². The molecule has 6 rings (SSSR count). The largest absolute Gasteiger partial charge is 0.465 e. The lowest BCUT2D eigenvalue weighted by Gasteiger charge is -2.28. The molecule has 0 aliphatic carbocycles. The molecule has 0 atom stereocenters. The van der Waals surface area contributed by atoms with Crippen molar-refractivity contribution in [1.29, 1.82) is 0 Å². The van der Waals surface area contributed by atoms with Crippen molar-refractivity contribution in [2.75, 3.05) is 7.11 Å². The maximum Gasteiger partial charge on any atom is 0.343 e. The lowest BCUT2D eigenvalue weighted by atomic mass is 10.2. The molecule has 0 saturated heterocycles. The highest BCUT2D eigenvalue weighted by Crippen LogP contribution is 2.58. The number of carbonyl (C=O) groups excluding carboxylic acids is 2. The van der Waals surface area contributed by atoms with Crippen LogP contribution >= 0.6 is 7.26 Å².